The number of methoxy groups -OCH3 is 1. The number of likely N-dealkylation sites (N-methyl/N-ethyl adjacent to an activating group) is 1. The summed E-state index contributed by atoms with van der Waals surface area (Å²) >= 11 is 0. The Balaban J connectivity index is 1.25. The Labute approximate surface area is 236 Å². The number of rotatable bonds is 6. The van der Waals surface area contributed by atoms with Crippen LogP contribution in [0.2, 0.25) is 0 Å². The van der Waals surface area contributed by atoms with E-state index in [0.717, 1.165) is 78.7 Å². The van der Waals surface area contributed by atoms with Crippen LogP contribution in [0.3, 0.4) is 0 Å². The Hall–Kier alpha value is -3.21. The molecule has 10 heteroatoms. The van der Waals surface area contributed by atoms with E-state index in [9.17, 15) is 0 Å². The number of pyridine rings is 1. The van der Waals surface area contributed by atoms with E-state index >= 15 is 0 Å². The molecule has 0 bridgehead atoms. The lowest BCUT2D eigenvalue weighted by Gasteiger charge is -2.42. The molecule has 1 aromatic carbocycles. The third-order valence-electron chi connectivity index (χ3n) is 8.81. The van der Waals surface area contributed by atoms with Crippen molar-refractivity contribution in [3.63, 3.8) is 0 Å². The summed E-state index contributed by atoms with van der Waals surface area (Å²) in [5.74, 6) is 2.04. The molecule has 0 atom stereocenters. The number of aromatic nitrogens is 3. The molecular weight excluding hydrogens is 504 g/mol. The van der Waals surface area contributed by atoms with E-state index in [2.05, 4.69) is 50.2 Å². The molecule has 3 saturated heterocycles. The zero-order valence-corrected chi connectivity index (χ0v) is 24.0. The van der Waals surface area contributed by atoms with Gasteiger partial charge >= 0.3 is 0 Å². The summed E-state index contributed by atoms with van der Waals surface area (Å²) in [5, 5.41) is 3.59. The van der Waals surface area contributed by atoms with Crippen LogP contribution in [0.5, 0.6) is 5.75 Å². The molecule has 3 aliphatic rings. The number of hydrogen-bond donors (Lipinski definition) is 2. The molecule has 0 amide bonds. The van der Waals surface area contributed by atoms with Crippen molar-refractivity contribution >= 4 is 28.4 Å². The van der Waals surface area contributed by atoms with Crippen molar-refractivity contribution in [2.24, 2.45) is 0 Å². The fourth-order valence-corrected chi connectivity index (χ4v) is 6.29. The standard InChI is InChI=1S/C30H42N8O2/c1-20-30(34-22-8-16-40-17-9-22)35-27-24(19-32-29(31)28(27)33-20)21-4-5-25(26(18-21)39-3)38-10-6-23(7-11-38)37-14-12-36(2)13-15-37/h4-5,18-19,22-23H,6-17H2,1-3H3,(H2,31,32)(H,34,35). The summed E-state index contributed by atoms with van der Waals surface area (Å²) in [6.45, 7) is 10.2. The first-order valence-corrected chi connectivity index (χ1v) is 14.6. The third kappa shape index (κ3) is 5.53. The van der Waals surface area contributed by atoms with E-state index in [0.29, 0.717) is 23.4 Å². The van der Waals surface area contributed by atoms with Gasteiger partial charge in [-0.3, -0.25) is 4.90 Å². The van der Waals surface area contributed by atoms with Crippen LogP contribution in [0, 0.1) is 6.92 Å². The lowest BCUT2D eigenvalue weighted by molar-refractivity contribution is 0.0903. The number of nitrogens with one attached hydrogen (secondary N) is 1. The monoisotopic (exact) mass is 546 g/mol. The topological polar surface area (TPSA) is 105 Å². The smallest absolute Gasteiger partial charge is 0.151 e. The van der Waals surface area contributed by atoms with Crippen LogP contribution in [0.1, 0.15) is 31.4 Å². The van der Waals surface area contributed by atoms with Crippen molar-refractivity contribution < 1.29 is 9.47 Å². The molecule has 0 aliphatic carbocycles. The van der Waals surface area contributed by atoms with Gasteiger partial charge in [-0.2, -0.15) is 0 Å². The van der Waals surface area contributed by atoms with Crippen LogP contribution in [0.4, 0.5) is 17.3 Å². The SMILES string of the molecule is COc1cc(-c2cnc(N)c3nc(C)c(NC4CCOCC4)nc23)ccc1N1CCC(N2CCN(C)CC2)CC1. The predicted octanol–water partition coefficient (Wildman–Crippen LogP) is 3.40. The second-order valence-electron chi connectivity index (χ2n) is 11.4. The van der Waals surface area contributed by atoms with Crippen molar-refractivity contribution in [1.82, 2.24) is 24.8 Å². The molecule has 2 aromatic heterocycles. The number of nitrogens with two attached hydrogens (primary N) is 1. The van der Waals surface area contributed by atoms with E-state index in [1.807, 2.05) is 6.92 Å². The van der Waals surface area contributed by atoms with E-state index < -0.39 is 0 Å². The molecule has 5 heterocycles. The second kappa shape index (κ2) is 11.7. The van der Waals surface area contributed by atoms with Crippen molar-refractivity contribution in [3.8, 4) is 16.9 Å². The van der Waals surface area contributed by atoms with Crippen molar-refractivity contribution in [1.29, 1.82) is 0 Å². The van der Waals surface area contributed by atoms with Gasteiger partial charge in [0, 0.05) is 76.3 Å². The Morgan fingerprint density at radius 1 is 0.975 bits per heavy atom. The number of aryl methyl sites for hydroxylation is 1. The van der Waals surface area contributed by atoms with Crippen molar-refractivity contribution in [2.75, 3.05) is 82.6 Å². The minimum Gasteiger partial charge on any atom is -0.495 e. The normalized spacial score (nSPS) is 20.2. The molecule has 214 valence electrons. The minimum absolute atomic E-state index is 0.321. The Morgan fingerprint density at radius 2 is 1.73 bits per heavy atom. The molecular formula is C30H42N8O2. The summed E-state index contributed by atoms with van der Waals surface area (Å²) in [7, 11) is 3.97. The van der Waals surface area contributed by atoms with E-state index in [1.165, 1.54) is 39.0 Å². The minimum atomic E-state index is 0.321. The number of nitrogens with zero attached hydrogens (tertiary/aromatic N) is 6. The summed E-state index contributed by atoms with van der Waals surface area (Å²) in [6, 6.07) is 7.41. The highest BCUT2D eigenvalue weighted by molar-refractivity contribution is 5.97. The third-order valence-corrected chi connectivity index (χ3v) is 8.81. The Morgan fingerprint density at radius 3 is 2.45 bits per heavy atom. The van der Waals surface area contributed by atoms with E-state index in [-0.39, 0.29) is 0 Å². The highest BCUT2D eigenvalue weighted by Crippen LogP contribution is 2.38. The predicted molar refractivity (Wildman–Crippen MR) is 160 cm³/mol. The first-order valence-electron chi connectivity index (χ1n) is 14.6. The lowest BCUT2D eigenvalue weighted by Crippen LogP contribution is -2.52. The first-order chi connectivity index (χ1) is 19.5. The number of piperazine rings is 1. The molecule has 40 heavy (non-hydrogen) atoms. The number of ether oxygens (including phenoxy) is 2. The number of fused-ring (bicyclic) bond motifs is 1. The van der Waals surface area contributed by atoms with E-state index in [1.54, 1.807) is 13.3 Å². The molecule has 10 nitrogen and oxygen atoms in total. The van der Waals surface area contributed by atoms with Gasteiger partial charge in [0.2, 0.25) is 0 Å². The fraction of sp³-hybridized carbons (Fsp3) is 0.567. The van der Waals surface area contributed by atoms with Gasteiger partial charge in [-0.05, 0) is 57.4 Å². The molecule has 0 radical (unpaired) electrons. The Bertz CT molecular complexity index is 1330. The highest BCUT2D eigenvalue weighted by Gasteiger charge is 2.28. The number of nitrogen functional groups attached to an aromatic ring is 1. The molecule has 0 unspecified atom stereocenters. The molecule has 3 aliphatic heterocycles. The summed E-state index contributed by atoms with van der Waals surface area (Å²) in [6.07, 6.45) is 6.07. The van der Waals surface area contributed by atoms with Gasteiger partial charge in [0.15, 0.2) is 5.82 Å². The van der Waals surface area contributed by atoms with E-state index in [4.69, 9.17) is 25.2 Å². The fourth-order valence-electron chi connectivity index (χ4n) is 6.29. The average molecular weight is 547 g/mol. The summed E-state index contributed by atoms with van der Waals surface area (Å²) in [5.41, 5.74) is 11.5. The molecule has 3 N–H and O–H groups in total. The van der Waals surface area contributed by atoms with Gasteiger partial charge in [-0.1, -0.05) is 6.07 Å². The molecule has 3 fully saturated rings. The largest absolute Gasteiger partial charge is 0.495 e. The summed E-state index contributed by atoms with van der Waals surface area (Å²) in [4.78, 5) is 21.9. The maximum atomic E-state index is 6.27. The van der Waals surface area contributed by atoms with Crippen LogP contribution >= 0.6 is 0 Å². The molecule has 6 rings (SSSR count). The zero-order valence-electron chi connectivity index (χ0n) is 24.0. The number of anilines is 3. The van der Waals surface area contributed by atoms with Crippen LogP contribution < -0.4 is 20.7 Å². The Kier molecular flexibility index (Phi) is 7.91. The molecule has 0 saturated carbocycles. The quantitative estimate of drug-likeness (QED) is 0.478. The van der Waals surface area contributed by atoms with Crippen LogP contribution in [0.25, 0.3) is 22.2 Å². The molecule has 0 spiro atoms. The van der Waals surface area contributed by atoms with Crippen LogP contribution in [0.15, 0.2) is 24.4 Å². The molecule has 3 aromatic rings. The number of hydrogen-bond acceptors (Lipinski definition) is 10. The zero-order chi connectivity index (χ0) is 27.6. The maximum absolute atomic E-state index is 6.27. The van der Waals surface area contributed by atoms with Gasteiger partial charge in [-0.15, -0.1) is 0 Å². The van der Waals surface area contributed by atoms with Gasteiger partial charge in [0.1, 0.15) is 22.6 Å². The van der Waals surface area contributed by atoms with Gasteiger partial charge in [-0.25, -0.2) is 15.0 Å². The summed E-state index contributed by atoms with van der Waals surface area (Å²) < 4.78 is 11.5. The van der Waals surface area contributed by atoms with Gasteiger partial charge in [0.25, 0.3) is 0 Å². The van der Waals surface area contributed by atoms with Crippen molar-refractivity contribution in [3.05, 3.63) is 30.1 Å². The van der Waals surface area contributed by atoms with Crippen molar-refractivity contribution in [2.45, 2.75) is 44.7 Å². The number of benzene rings is 1. The number of piperidine rings is 1. The van der Waals surface area contributed by atoms with Crippen LogP contribution in [-0.2, 0) is 4.74 Å². The second-order valence-corrected chi connectivity index (χ2v) is 11.4. The lowest BCUT2D eigenvalue weighted by atomic mass is 10.00. The van der Waals surface area contributed by atoms with Crippen LogP contribution in [-0.4, -0.2) is 103 Å². The first kappa shape index (κ1) is 27.0. The average Bonchev–Trinajstić information content (AvgIpc) is 2.99. The van der Waals surface area contributed by atoms with Gasteiger partial charge in [0.05, 0.1) is 18.5 Å². The maximum Gasteiger partial charge on any atom is 0.151 e. The van der Waals surface area contributed by atoms with Gasteiger partial charge < -0.3 is 30.3 Å². The highest BCUT2D eigenvalue weighted by atomic mass is 16.5.